The van der Waals surface area contributed by atoms with Crippen LogP contribution in [0.2, 0.25) is 0 Å². The summed E-state index contributed by atoms with van der Waals surface area (Å²) in [5.74, 6) is 0.593. The van der Waals surface area contributed by atoms with Crippen molar-refractivity contribution in [1.29, 1.82) is 0 Å². The molecule has 0 saturated heterocycles. The Bertz CT molecular complexity index is 1190. The van der Waals surface area contributed by atoms with Crippen LogP contribution >= 0.6 is 11.3 Å². The number of thiophene rings is 1. The lowest BCUT2D eigenvalue weighted by Gasteiger charge is -2.35. The van der Waals surface area contributed by atoms with Gasteiger partial charge in [0, 0.05) is 23.9 Å². The van der Waals surface area contributed by atoms with E-state index in [0.29, 0.717) is 17.2 Å². The van der Waals surface area contributed by atoms with Crippen LogP contribution in [0.4, 0.5) is 11.4 Å². The van der Waals surface area contributed by atoms with Crippen molar-refractivity contribution >= 4 is 38.8 Å². The minimum Gasteiger partial charge on any atom is -0.465 e. The molecular formula is C22H19N3O3S. The van der Waals surface area contributed by atoms with E-state index in [0.717, 1.165) is 32.8 Å². The molecule has 1 amide bonds. The second kappa shape index (κ2) is 7.02. The monoisotopic (exact) mass is 405 g/mol. The first-order valence-electron chi connectivity index (χ1n) is 9.28. The molecule has 5 rings (SSSR count). The quantitative estimate of drug-likeness (QED) is 0.511. The highest BCUT2D eigenvalue weighted by Gasteiger charge is 2.38. The number of rotatable bonds is 4. The molecule has 146 valence electrons. The van der Waals surface area contributed by atoms with Crippen molar-refractivity contribution in [2.24, 2.45) is 0 Å². The van der Waals surface area contributed by atoms with E-state index in [1.54, 1.807) is 18.3 Å². The van der Waals surface area contributed by atoms with Crippen LogP contribution < -0.4 is 10.2 Å². The Morgan fingerprint density at radius 3 is 2.79 bits per heavy atom. The lowest BCUT2D eigenvalue weighted by Crippen LogP contribution is -2.42. The van der Waals surface area contributed by atoms with Gasteiger partial charge < -0.3 is 14.5 Å². The van der Waals surface area contributed by atoms with E-state index in [1.807, 2.05) is 55.5 Å². The number of hydrogen-bond acceptors (Lipinski definition) is 6. The Kier molecular flexibility index (Phi) is 4.34. The third-order valence-corrected chi connectivity index (χ3v) is 6.04. The van der Waals surface area contributed by atoms with Crippen molar-refractivity contribution in [3.8, 4) is 0 Å². The summed E-state index contributed by atoms with van der Waals surface area (Å²) >= 11 is 1.41. The summed E-state index contributed by atoms with van der Waals surface area (Å²) in [5.41, 5.74) is 3.51. The Morgan fingerprint density at radius 1 is 1.24 bits per heavy atom. The number of aromatic nitrogens is 1. The lowest BCUT2D eigenvalue weighted by molar-refractivity contribution is 0.0976. The fraction of sp³-hybridized carbons (Fsp3) is 0.182. The average Bonchev–Trinajstić information content (AvgIpc) is 3.36. The van der Waals surface area contributed by atoms with Crippen molar-refractivity contribution in [3.63, 3.8) is 0 Å². The molecule has 1 aliphatic rings. The van der Waals surface area contributed by atoms with Crippen LogP contribution in [0, 0.1) is 6.92 Å². The van der Waals surface area contributed by atoms with E-state index in [-0.39, 0.29) is 5.91 Å². The predicted molar refractivity (Wildman–Crippen MR) is 113 cm³/mol. The van der Waals surface area contributed by atoms with Gasteiger partial charge in [-0.25, -0.2) is 4.98 Å². The van der Waals surface area contributed by atoms with Crippen molar-refractivity contribution < 1.29 is 13.9 Å². The van der Waals surface area contributed by atoms with Crippen LogP contribution in [0.25, 0.3) is 10.2 Å². The topological polar surface area (TPSA) is 67.6 Å². The van der Waals surface area contributed by atoms with Crippen LogP contribution in [-0.2, 0) is 11.3 Å². The van der Waals surface area contributed by atoms with Gasteiger partial charge in [0.2, 0.25) is 0 Å². The average molecular weight is 405 g/mol. The number of para-hydroxylation sites is 1. The molecule has 0 bridgehead atoms. The van der Waals surface area contributed by atoms with Crippen LogP contribution in [0.5, 0.6) is 0 Å². The number of benzene rings is 1. The maximum Gasteiger partial charge on any atom is 0.272 e. The molecule has 7 heteroatoms. The summed E-state index contributed by atoms with van der Waals surface area (Å²) in [6.45, 7) is 2.40. The van der Waals surface area contributed by atoms with Gasteiger partial charge in [-0.15, -0.1) is 11.3 Å². The van der Waals surface area contributed by atoms with Crippen molar-refractivity contribution in [1.82, 2.24) is 4.98 Å². The first-order chi connectivity index (χ1) is 14.2. The largest absolute Gasteiger partial charge is 0.465 e. The standard InChI is InChI=1S/C22H19N3O3S/c1-13-11-14(12-27-2)17-18-19(29-21(17)23-13)22(26)25(15-7-4-3-5-8-15)20(24-18)16-9-6-10-28-16/h3-11,20,24H,12H2,1-2H3/t20-/m1/s1. The van der Waals surface area contributed by atoms with Gasteiger partial charge in [0.05, 0.1) is 18.6 Å². The summed E-state index contributed by atoms with van der Waals surface area (Å²) in [6, 6.07) is 15.3. The Morgan fingerprint density at radius 2 is 2.07 bits per heavy atom. The number of carbonyl (C=O) groups is 1. The fourth-order valence-corrected chi connectivity index (χ4v) is 4.97. The van der Waals surface area contributed by atoms with Gasteiger partial charge in [0.1, 0.15) is 15.5 Å². The highest BCUT2D eigenvalue weighted by Crippen LogP contribution is 2.45. The molecule has 0 aliphatic carbocycles. The normalized spacial score (nSPS) is 16.1. The van der Waals surface area contributed by atoms with E-state index in [2.05, 4.69) is 10.3 Å². The van der Waals surface area contributed by atoms with Crippen molar-refractivity contribution in [2.45, 2.75) is 19.7 Å². The molecule has 0 saturated carbocycles. The molecule has 1 N–H and O–H groups in total. The van der Waals surface area contributed by atoms with Gasteiger partial charge in [0.25, 0.3) is 5.91 Å². The maximum absolute atomic E-state index is 13.6. The zero-order chi connectivity index (χ0) is 20.0. The zero-order valence-electron chi connectivity index (χ0n) is 16.0. The summed E-state index contributed by atoms with van der Waals surface area (Å²) < 4.78 is 11.1. The van der Waals surface area contributed by atoms with Crippen LogP contribution in [0.3, 0.4) is 0 Å². The van der Waals surface area contributed by atoms with Crippen molar-refractivity contribution in [2.75, 3.05) is 17.3 Å². The number of fused-ring (bicyclic) bond motifs is 3. The Labute approximate surface area is 171 Å². The fourth-order valence-electron chi connectivity index (χ4n) is 3.80. The third-order valence-electron chi connectivity index (χ3n) is 4.97. The van der Waals surface area contributed by atoms with E-state index < -0.39 is 6.17 Å². The molecule has 6 nitrogen and oxygen atoms in total. The minimum absolute atomic E-state index is 0.0737. The highest BCUT2D eigenvalue weighted by molar-refractivity contribution is 7.21. The van der Waals surface area contributed by atoms with Gasteiger partial charge >= 0.3 is 0 Å². The number of furan rings is 1. The number of carbonyl (C=O) groups excluding carboxylic acids is 1. The molecular weight excluding hydrogens is 386 g/mol. The predicted octanol–water partition coefficient (Wildman–Crippen LogP) is 5.12. The molecule has 4 heterocycles. The van der Waals surface area contributed by atoms with Gasteiger partial charge in [-0.2, -0.15) is 0 Å². The van der Waals surface area contributed by atoms with Gasteiger partial charge in [0.15, 0.2) is 6.17 Å². The number of nitrogens with zero attached hydrogens (tertiary/aromatic N) is 2. The summed E-state index contributed by atoms with van der Waals surface area (Å²) in [4.78, 5) is 21.5. The summed E-state index contributed by atoms with van der Waals surface area (Å²) in [7, 11) is 1.67. The summed E-state index contributed by atoms with van der Waals surface area (Å²) in [5, 5.41) is 4.49. The van der Waals surface area contributed by atoms with Gasteiger partial charge in [-0.05, 0) is 42.8 Å². The Hall–Kier alpha value is -3.16. The lowest BCUT2D eigenvalue weighted by atomic mass is 10.1. The molecule has 1 aliphatic heterocycles. The molecule has 4 aromatic rings. The zero-order valence-corrected chi connectivity index (χ0v) is 16.8. The van der Waals surface area contributed by atoms with E-state index in [9.17, 15) is 4.79 Å². The van der Waals surface area contributed by atoms with Gasteiger partial charge in [-0.1, -0.05) is 18.2 Å². The molecule has 0 unspecified atom stereocenters. The highest BCUT2D eigenvalue weighted by atomic mass is 32.1. The number of methoxy groups -OCH3 is 1. The van der Waals surface area contributed by atoms with E-state index >= 15 is 0 Å². The number of pyridine rings is 1. The SMILES string of the molecule is COCc1cc(C)nc2sc3c(c12)N[C@@H](c1ccco1)N(c1ccccc1)C3=O. The molecule has 29 heavy (non-hydrogen) atoms. The van der Waals surface area contributed by atoms with Crippen LogP contribution in [0.15, 0.2) is 59.2 Å². The Balaban J connectivity index is 1.73. The first-order valence-corrected chi connectivity index (χ1v) is 10.1. The van der Waals surface area contributed by atoms with Crippen molar-refractivity contribution in [3.05, 3.63) is 76.7 Å². The minimum atomic E-state index is -0.457. The van der Waals surface area contributed by atoms with Crippen LogP contribution in [-0.4, -0.2) is 18.0 Å². The number of anilines is 2. The third kappa shape index (κ3) is 2.90. The maximum atomic E-state index is 13.6. The molecule has 0 spiro atoms. The van der Waals surface area contributed by atoms with Gasteiger partial charge in [-0.3, -0.25) is 9.69 Å². The van der Waals surface area contributed by atoms with Crippen LogP contribution in [0.1, 0.15) is 32.9 Å². The number of hydrogen-bond donors (Lipinski definition) is 1. The number of nitrogens with one attached hydrogen (secondary N) is 1. The smallest absolute Gasteiger partial charge is 0.272 e. The number of amides is 1. The molecule has 3 aromatic heterocycles. The van der Waals surface area contributed by atoms with E-state index in [4.69, 9.17) is 9.15 Å². The molecule has 1 atom stereocenters. The molecule has 1 aromatic carbocycles. The number of ether oxygens (including phenoxy) is 1. The second-order valence-electron chi connectivity index (χ2n) is 6.92. The second-order valence-corrected chi connectivity index (χ2v) is 7.91. The summed E-state index contributed by atoms with van der Waals surface area (Å²) in [6.07, 6.45) is 1.16. The molecule has 0 fully saturated rings. The molecule has 0 radical (unpaired) electrons. The first kappa shape index (κ1) is 17.9. The van der Waals surface area contributed by atoms with E-state index in [1.165, 1.54) is 11.3 Å². The number of aryl methyl sites for hydroxylation is 1.